The molecule has 0 saturated carbocycles. The summed E-state index contributed by atoms with van der Waals surface area (Å²) in [5.74, 6) is 2.80. The van der Waals surface area contributed by atoms with Crippen molar-refractivity contribution in [1.29, 1.82) is 0 Å². The van der Waals surface area contributed by atoms with Gasteiger partial charge in [-0.2, -0.15) is 0 Å². The summed E-state index contributed by atoms with van der Waals surface area (Å²) in [5.41, 5.74) is 7.14. The van der Waals surface area contributed by atoms with Crippen LogP contribution in [-0.2, 0) is 40.6 Å². The number of urea groups is 1. The number of morpholine rings is 1. The molecule has 1 aromatic heterocycles. The van der Waals surface area contributed by atoms with Crippen LogP contribution < -0.4 is 26.0 Å². The van der Waals surface area contributed by atoms with E-state index < -0.39 is 65.5 Å². The third kappa shape index (κ3) is 8.25. The molecule has 5 aromatic carbocycles. The minimum atomic E-state index is -2.10. The summed E-state index contributed by atoms with van der Waals surface area (Å²) in [6.45, 7) is -0.619. The number of primary amides is 1. The van der Waals surface area contributed by atoms with Gasteiger partial charge in [0.25, 0.3) is 0 Å². The molecule has 6 aromatic rings. The monoisotopic (exact) mass is 917 g/mol. The number of rotatable bonds is 13. The van der Waals surface area contributed by atoms with Gasteiger partial charge >= 0.3 is 18.1 Å². The zero-order valence-electron chi connectivity index (χ0n) is 36.8. The summed E-state index contributed by atoms with van der Waals surface area (Å²) in [6, 6.07) is 33.4. The topological polar surface area (TPSA) is 228 Å². The molecular formula is C51H47N7O10. The van der Waals surface area contributed by atoms with Crippen molar-refractivity contribution in [1.82, 2.24) is 25.5 Å². The number of amides is 5. The van der Waals surface area contributed by atoms with E-state index in [-0.39, 0.29) is 50.8 Å². The first kappa shape index (κ1) is 45.1. The van der Waals surface area contributed by atoms with Crippen LogP contribution in [0.3, 0.4) is 0 Å². The van der Waals surface area contributed by atoms with Crippen molar-refractivity contribution in [2.45, 2.75) is 36.2 Å². The van der Waals surface area contributed by atoms with E-state index in [1.807, 2.05) is 89.8 Å². The van der Waals surface area contributed by atoms with Gasteiger partial charge in [-0.05, 0) is 64.7 Å². The molecule has 6 atom stereocenters. The highest BCUT2D eigenvalue weighted by Gasteiger charge is 2.75. The molecule has 6 N–H and O–H groups in total. The van der Waals surface area contributed by atoms with Gasteiger partial charge in [0, 0.05) is 12.7 Å². The average molecular weight is 918 g/mol. The van der Waals surface area contributed by atoms with E-state index in [9.17, 15) is 14.7 Å². The molecule has 9 rings (SSSR count). The Morgan fingerprint density at radius 1 is 0.853 bits per heavy atom. The lowest BCUT2D eigenvalue weighted by atomic mass is 9.65. The van der Waals surface area contributed by atoms with Crippen LogP contribution in [0.4, 0.5) is 15.3 Å². The van der Waals surface area contributed by atoms with Gasteiger partial charge in [0.15, 0.2) is 0 Å². The maximum Gasteiger partial charge on any atom is 0.421 e. The number of benzene rings is 5. The first-order valence-corrected chi connectivity index (χ1v) is 22.0. The van der Waals surface area contributed by atoms with E-state index >= 15 is 14.4 Å². The lowest BCUT2D eigenvalue weighted by molar-refractivity contribution is -0.178. The number of H-pyrrole nitrogens is 1. The van der Waals surface area contributed by atoms with Crippen molar-refractivity contribution < 1.29 is 48.0 Å². The number of anilines is 1. The van der Waals surface area contributed by atoms with Crippen molar-refractivity contribution in [3.05, 3.63) is 161 Å². The summed E-state index contributed by atoms with van der Waals surface area (Å²) < 4.78 is 23.1. The van der Waals surface area contributed by atoms with Crippen LogP contribution >= 0.6 is 0 Å². The van der Waals surface area contributed by atoms with Gasteiger partial charge in [0.05, 0.1) is 61.0 Å². The predicted octanol–water partition coefficient (Wildman–Crippen LogP) is 4.72. The molecule has 2 fully saturated rings. The number of hydrogen-bond acceptors (Lipinski definition) is 12. The molecule has 346 valence electrons. The molecule has 3 aliphatic rings. The number of nitrogens with zero attached hydrogens (tertiary/aromatic N) is 3. The Morgan fingerprint density at radius 2 is 1.57 bits per heavy atom. The van der Waals surface area contributed by atoms with Crippen molar-refractivity contribution in [2.24, 2.45) is 11.7 Å². The molecule has 3 aliphatic heterocycles. The van der Waals surface area contributed by atoms with Crippen LogP contribution in [0.2, 0.25) is 0 Å². The lowest BCUT2D eigenvalue weighted by Gasteiger charge is -2.46. The highest BCUT2D eigenvalue weighted by Crippen LogP contribution is 2.66. The van der Waals surface area contributed by atoms with Gasteiger partial charge in [0.1, 0.15) is 42.3 Å². The largest absolute Gasteiger partial charge is 0.491 e. The SMILES string of the molecule is COCCOC(=O)N1C(=O)[C@@]2(c3cc(C#CCNC(N)=O)ccc31)[C@H](c1ccc(OCCO)cc1)N1[C@H](c3ccccc3)[C@H](c3ccccc3)OC(=O)[C@H]1[C@@H]2C(=O)NCc1nc2ccccc2[nH]1. The standard InChI is InChI=1S/C51H47N7O10/c1-65-27-28-67-50(64)57-39-23-18-31(11-10-24-53-49(52)63)29-36(39)51(48(57)62)41(46(60)54-30-40-55-37-16-8-9-17-38(37)56-40)43-47(61)68-44(33-14-6-3-7-15-33)42(32-12-4-2-5-13-32)58(43)45(51)34-19-21-35(22-20-34)66-26-25-59/h2-9,12-23,29,41-45,59H,24-28,30H2,1H3,(H,54,60)(H,55,56)(H3,52,53,63)/t41-,42-,43-,44+,45+,51-/m1/s1. The fourth-order valence-electron chi connectivity index (χ4n) is 9.80. The third-order valence-electron chi connectivity index (χ3n) is 12.4. The van der Waals surface area contributed by atoms with Crippen LogP contribution in [0, 0.1) is 17.8 Å². The first-order chi connectivity index (χ1) is 33.1. The minimum absolute atomic E-state index is 0.0137. The number of aromatic nitrogens is 2. The number of para-hydroxylation sites is 2. The number of hydrogen-bond donors (Lipinski definition) is 5. The second-order valence-electron chi connectivity index (χ2n) is 16.3. The number of esters is 1. The molecule has 4 heterocycles. The number of cyclic esters (lactones) is 1. The number of nitrogens with two attached hydrogens (primary N) is 1. The molecule has 0 aliphatic carbocycles. The van der Waals surface area contributed by atoms with E-state index in [1.165, 1.54) is 7.11 Å². The zero-order chi connectivity index (χ0) is 47.4. The molecule has 68 heavy (non-hydrogen) atoms. The van der Waals surface area contributed by atoms with Crippen LogP contribution in [-0.4, -0.2) is 96.0 Å². The van der Waals surface area contributed by atoms with E-state index in [1.54, 1.807) is 42.5 Å². The number of aromatic amines is 1. The van der Waals surface area contributed by atoms with E-state index in [4.69, 9.17) is 24.7 Å². The van der Waals surface area contributed by atoms with E-state index in [0.29, 0.717) is 39.3 Å². The molecule has 17 nitrogen and oxygen atoms in total. The van der Waals surface area contributed by atoms with Gasteiger partial charge in [-0.15, -0.1) is 0 Å². The van der Waals surface area contributed by atoms with Crippen molar-refractivity contribution in [3.8, 4) is 17.6 Å². The number of imide groups is 1. The number of aliphatic hydroxyl groups is 1. The minimum Gasteiger partial charge on any atom is -0.491 e. The summed E-state index contributed by atoms with van der Waals surface area (Å²) in [5, 5.41) is 15.0. The molecule has 17 heteroatoms. The average Bonchev–Trinajstić information content (AvgIpc) is 4.00. The van der Waals surface area contributed by atoms with E-state index in [0.717, 1.165) is 10.4 Å². The molecule has 0 bridgehead atoms. The highest BCUT2D eigenvalue weighted by molar-refractivity contribution is 6.23. The van der Waals surface area contributed by atoms with Gasteiger partial charge in [-0.25, -0.2) is 19.5 Å². The Kier molecular flexibility index (Phi) is 12.9. The predicted molar refractivity (Wildman–Crippen MR) is 247 cm³/mol. The molecule has 0 unspecified atom stereocenters. The van der Waals surface area contributed by atoms with Gasteiger partial charge in [0.2, 0.25) is 11.8 Å². The highest BCUT2D eigenvalue weighted by atomic mass is 16.6. The van der Waals surface area contributed by atoms with Crippen LogP contribution in [0.25, 0.3) is 11.0 Å². The molecule has 2 saturated heterocycles. The van der Waals surface area contributed by atoms with Crippen molar-refractivity contribution in [2.75, 3.05) is 45.0 Å². The lowest BCUT2D eigenvalue weighted by Crippen LogP contribution is -2.55. The van der Waals surface area contributed by atoms with Crippen molar-refractivity contribution >= 4 is 46.6 Å². The summed E-state index contributed by atoms with van der Waals surface area (Å²) in [4.78, 5) is 84.1. The maximum atomic E-state index is 16.3. The van der Waals surface area contributed by atoms with Crippen LogP contribution in [0.5, 0.6) is 5.75 Å². The Morgan fingerprint density at radius 3 is 2.28 bits per heavy atom. The Labute approximate surface area is 390 Å². The summed E-state index contributed by atoms with van der Waals surface area (Å²) in [6.07, 6.45) is -1.98. The third-order valence-corrected chi connectivity index (χ3v) is 12.4. The number of ether oxygens (including phenoxy) is 4. The Balaban J connectivity index is 1.32. The van der Waals surface area contributed by atoms with E-state index in [2.05, 4.69) is 32.4 Å². The molecular weight excluding hydrogens is 871 g/mol. The number of fused-ring (bicyclic) bond motifs is 4. The number of aliphatic hydroxyl groups excluding tert-OH is 1. The van der Waals surface area contributed by atoms with Gasteiger partial charge in [-0.1, -0.05) is 96.8 Å². The second kappa shape index (κ2) is 19.4. The normalized spacial score (nSPS) is 21.6. The van der Waals surface area contributed by atoms with Crippen LogP contribution in [0.1, 0.15) is 51.8 Å². The Bertz CT molecular complexity index is 2890. The first-order valence-electron chi connectivity index (χ1n) is 22.0. The maximum absolute atomic E-state index is 16.3. The fraction of sp³-hybridized carbons (Fsp3) is 0.255. The van der Waals surface area contributed by atoms with Crippen LogP contribution in [0.15, 0.2) is 127 Å². The summed E-state index contributed by atoms with van der Waals surface area (Å²) in [7, 11) is 1.44. The molecule has 5 amide bonds. The smallest absolute Gasteiger partial charge is 0.421 e. The molecule has 1 spiro atoms. The summed E-state index contributed by atoms with van der Waals surface area (Å²) >= 11 is 0. The quantitative estimate of drug-likeness (QED) is 0.0603. The number of imidazole rings is 1. The number of carbonyl (C=O) groups excluding carboxylic acids is 5. The Hall–Kier alpha value is -8.04. The number of methoxy groups -OCH3 is 1. The number of nitrogens with one attached hydrogen (secondary N) is 3. The fourth-order valence-corrected chi connectivity index (χ4v) is 9.80. The van der Waals surface area contributed by atoms with Gasteiger partial charge in [-0.3, -0.25) is 19.3 Å². The van der Waals surface area contributed by atoms with Crippen molar-refractivity contribution in [3.63, 3.8) is 0 Å². The molecule has 0 radical (unpaired) electrons. The number of carbonyl (C=O) groups is 5. The second-order valence-corrected chi connectivity index (χ2v) is 16.3. The zero-order valence-corrected chi connectivity index (χ0v) is 36.8. The van der Waals surface area contributed by atoms with Gasteiger partial charge < -0.3 is 45.4 Å².